The van der Waals surface area contributed by atoms with E-state index in [-0.39, 0.29) is 44.5 Å². The van der Waals surface area contributed by atoms with Gasteiger partial charge in [0, 0.05) is 25.9 Å². The van der Waals surface area contributed by atoms with Gasteiger partial charge in [-0.25, -0.2) is 9.59 Å². The van der Waals surface area contributed by atoms with E-state index in [2.05, 4.69) is 9.47 Å². The molecule has 2 rings (SSSR count). The first-order valence-electron chi connectivity index (χ1n) is 11.7. The van der Waals surface area contributed by atoms with Crippen molar-refractivity contribution in [3.63, 3.8) is 0 Å². The highest BCUT2D eigenvalue weighted by Crippen LogP contribution is 2.33. The van der Waals surface area contributed by atoms with Gasteiger partial charge in [0.05, 0.1) is 14.2 Å². The Kier molecular flexibility index (Phi) is 8.85. The molecule has 0 unspecified atom stereocenters. The molecule has 196 valence electrons. The maximum atomic E-state index is 13.1. The lowest BCUT2D eigenvalue weighted by molar-refractivity contribution is -0.141. The topological polar surface area (TPSA) is 134 Å². The van der Waals surface area contributed by atoms with Crippen LogP contribution in [0.25, 0.3) is 0 Å². The Morgan fingerprint density at radius 1 is 0.657 bits per heavy atom. The van der Waals surface area contributed by atoms with Gasteiger partial charge in [0.2, 0.25) is 0 Å². The fourth-order valence-corrected chi connectivity index (χ4v) is 4.13. The molecular formula is C23H36N4O8. The van der Waals surface area contributed by atoms with E-state index in [0.717, 1.165) is 9.80 Å². The summed E-state index contributed by atoms with van der Waals surface area (Å²) < 4.78 is 9.20. The summed E-state index contributed by atoms with van der Waals surface area (Å²) in [4.78, 5) is 79.7. The summed E-state index contributed by atoms with van der Waals surface area (Å²) in [5.41, 5.74) is -2.43. The molecule has 35 heavy (non-hydrogen) atoms. The van der Waals surface area contributed by atoms with Crippen molar-refractivity contribution in [2.75, 3.05) is 34.0 Å². The molecule has 0 spiro atoms. The molecule has 2 fully saturated rings. The van der Waals surface area contributed by atoms with Crippen LogP contribution in [0, 0.1) is 0 Å². The fraction of sp³-hybridized carbons (Fsp3) is 0.739. The molecule has 0 aliphatic carbocycles. The van der Waals surface area contributed by atoms with Gasteiger partial charge in [0.1, 0.15) is 17.7 Å². The van der Waals surface area contributed by atoms with Gasteiger partial charge in [0.15, 0.2) is 0 Å². The summed E-state index contributed by atoms with van der Waals surface area (Å²) in [5.74, 6) is -1.53. The van der Waals surface area contributed by atoms with Crippen molar-refractivity contribution < 1.29 is 38.2 Å². The van der Waals surface area contributed by atoms with E-state index < -0.39 is 35.0 Å². The average molecular weight is 497 g/mol. The van der Waals surface area contributed by atoms with Crippen LogP contribution in [0.15, 0.2) is 0 Å². The molecule has 0 aromatic rings. The van der Waals surface area contributed by atoms with Gasteiger partial charge in [0.25, 0.3) is 11.8 Å². The maximum Gasteiger partial charge on any atom is 0.329 e. The smallest absolute Gasteiger partial charge is 0.329 e. The third-order valence-corrected chi connectivity index (χ3v) is 6.57. The normalized spacial score (nSPS) is 19.1. The highest BCUT2D eigenvalue weighted by molar-refractivity contribution is 6.08. The van der Waals surface area contributed by atoms with E-state index in [9.17, 15) is 28.8 Å². The number of carbonyl (C=O) groups is 6. The number of esters is 2. The van der Waals surface area contributed by atoms with Crippen molar-refractivity contribution in [3.05, 3.63) is 0 Å². The lowest BCUT2D eigenvalue weighted by atomic mass is 10.0. The van der Waals surface area contributed by atoms with E-state index >= 15 is 0 Å². The number of hydrogen-bond donors (Lipinski definition) is 0. The number of hydrogen-bond acceptors (Lipinski definition) is 8. The molecule has 2 aliphatic heterocycles. The van der Waals surface area contributed by atoms with Crippen LogP contribution < -0.4 is 0 Å². The Hall–Kier alpha value is -3.18. The van der Waals surface area contributed by atoms with Crippen molar-refractivity contribution in [3.8, 4) is 0 Å². The number of unbranched alkanes of at least 4 members (excludes halogenated alkanes) is 2. The summed E-state index contributed by atoms with van der Waals surface area (Å²) in [6.07, 6.45) is 2.16. The van der Waals surface area contributed by atoms with Crippen LogP contribution in [0.2, 0.25) is 0 Å². The number of imide groups is 2. The molecule has 2 aliphatic rings. The number of methoxy groups -OCH3 is 2. The number of carbonyl (C=O) groups excluding carboxylic acids is 6. The van der Waals surface area contributed by atoms with Gasteiger partial charge in [-0.3, -0.25) is 38.8 Å². The number of urea groups is 2. The molecule has 0 atom stereocenters. The van der Waals surface area contributed by atoms with E-state index in [1.54, 1.807) is 27.7 Å². The summed E-state index contributed by atoms with van der Waals surface area (Å²) in [5, 5.41) is 0. The highest BCUT2D eigenvalue weighted by atomic mass is 16.5. The first kappa shape index (κ1) is 28.1. The molecule has 0 N–H and O–H groups in total. The van der Waals surface area contributed by atoms with E-state index in [1.807, 2.05) is 0 Å². The second-order valence-corrected chi connectivity index (χ2v) is 9.66. The van der Waals surface area contributed by atoms with Gasteiger partial charge in [-0.05, 0) is 53.4 Å². The third kappa shape index (κ3) is 5.73. The zero-order valence-corrected chi connectivity index (χ0v) is 21.4. The molecule has 0 aromatic carbocycles. The lowest BCUT2D eigenvalue weighted by Crippen LogP contribution is -2.55. The zero-order chi connectivity index (χ0) is 26.6. The van der Waals surface area contributed by atoms with Crippen molar-refractivity contribution in [1.82, 2.24) is 19.6 Å². The van der Waals surface area contributed by atoms with Gasteiger partial charge in [-0.2, -0.15) is 0 Å². The summed E-state index contributed by atoms with van der Waals surface area (Å²) >= 11 is 0. The van der Waals surface area contributed by atoms with Crippen LogP contribution in [0.1, 0.15) is 66.2 Å². The van der Waals surface area contributed by atoms with Gasteiger partial charge < -0.3 is 9.47 Å². The van der Waals surface area contributed by atoms with E-state index in [4.69, 9.17) is 0 Å². The van der Waals surface area contributed by atoms with Crippen LogP contribution in [0.4, 0.5) is 9.59 Å². The second-order valence-electron chi connectivity index (χ2n) is 9.66. The summed E-state index contributed by atoms with van der Waals surface area (Å²) in [6, 6.07) is -1.10. The highest BCUT2D eigenvalue weighted by Gasteiger charge is 2.56. The van der Waals surface area contributed by atoms with Crippen LogP contribution in [-0.2, 0) is 28.7 Å². The number of amides is 6. The van der Waals surface area contributed by atoms with Crippen LogP contribution in [-0.4, -0.2) is 100 Å². The van der Waals surface area contributed by atoms with Gasteiger partial charge in [-0.15, -0.1) is 0 Å². The minimum atomic E-state index is -1.22. The Balaban J connectivity index is 2.07. The zero-order valence-electron chi connectivity index (χ0n) is 21.4. The SMILES string of the molecule is COC(=O)CCCCN1C(=O)N(CN2C(=O)N(CCCCC(=O)OC)C(=O)C2(C)C)C(C)(C)C1=O. The van der Waals surface area contributed by atoms with Crippen molar-refractivity contribution in [1.29, 1.82) is 0 Å². The predicted molar refractivity (Wildman–Crippen MR) is 123 cm³/mol. The standard InChI is InChI=1S/C23H36N4O8/c1-22(2)18(30)24(13-9-7-11-16(28)34-5)20(32)26(22)15-27-21(33)25(19(31)23(27,3)4)14-10-8-12-17(29)35-6/h7-15H2,1-6H3. The molecule has 2 heterocycles. The van der Waals surface area contributed by atoms with Gasteiger partial charge in [-0.1, -0.05) is 0 Å². The Morgan fingerprint density at radius 3 is 1.31 bits per heavy atom. The molecule has 0 aromatic heterocycles. The minimum Gasteiger partial charge on any atom is -0.469 e. The number of rotatable bonds is 12. The van der Waals surface area contributed by atoms with E-state index in [0.29, 0.717) is 25.7 Å². The van der Waals surface area contributed by atoms with Crippen molar-refractivity contribution >= 4 is 35.8 Å². The largest absolute Gasteiger partial charge is 0.469 e. The van der Waals surface area contributed by atoms with Crippen molar-refractivity contribution in [2.45, 2.75) is 77.3 Å². The second kappa shape index (κ2) is 11.0. The summed E-state index contributed by atoms with van der Waals surface area (Å²) in [7, 11) is 2.59. The quantitative estimate of drug-likeness (QED) is 0.226. The molecule has 0 saturated carbocycles. The fourth-order valence-electron chi connectivity index (χ4n) is 4.13. The molecule has 0 bridgehead atoms. The predicted octanol–water partition coefficient (Wildman–Crippen LogP) is 1.72. The molecular weight excluding hydrogens is 460 g/mol. The summed E-state index contributed by atoms with van der Waals surface area (Å²) in [6.45, 7) is 6.44. The van der Waals surface area contributed by atoms with E-state index in [1.165, 1.54) is 24.0 Å². The maximum absolute atomic E-state index is 13.1. The molecule has 6 amide bonds. The molecule has 12 heteroatoms. The molecule has 2 saturated heterocycles. The first-order chi connectivity index (χ1) is 16.3. The van der Waals surface area contributed by atoms with Crippen LogP contribution in [0.3, 0.4) is 0 Å². The van der Waals surface area contributed by atoms with Crippen molar-refractivity contribution in [2.24, 2.45) is 0 Å². The third-order valence-electron chi connectivity index (χ3n) is 6.57. The van der Waals surface area contributed by atoms with Gasteiger partial charge >= 0.3 is 24.0 Å². The Bertz CT molecular complexity index is 815. The Morgan fingerprint density at radius 2 is 1.00 bits per heavy atom. The number of ether oxygens (including phenoxy) is 2. The number of nitrogens with zero attached hydrogens (tertiary/aromatic N) is 4. The molecule has 0 radical (unpaired) electrons. The Labute approximate surface area is 205 Å². The monoisotopic (exact) mass is 496 g/mol. The average Bonchev–Trinajstić information content (AvgIpc) is 3.07. The first-order valence-corrected chi connectivity index (χ1v) is 11.7. The van der Waals surface area contributed by atoms with Crippen LogP contribution in [0.5, 0.6) is 0 Å². The lowest BCUT2D eigenvalue weighted by Gasteiger charge is -2.36. The molecule has 12 nitrogen and oxygen atoms in total. The van der Waals surface area contributed by atoms with Crippen LogP contribution >= 0.6 is 0 Å². The minimum absolute atomic E-state index is 0.136.